The number of ether oxygens (including phenoxy) is 2. The number of hydrogen-bond donors (Lipinski definition) is 1. The number of carbonyl (C=O) groups is 3. The van der Waals surface area contributed by atoms with Gasteiger partial charge in [0.15, 0.2) is 6.61 Å². The van der Waals surface area contributed by atoms with Gasteiger partial charge in [0.2, 0.25) is 0 Å². The van der Waals surface area contributed by atoms with Crippen LogP contribution in [0.2, 0.25) is 0 Å². The average Bonchev–Trinajstić information content (AvgIpc) is 3.04. The van der Waals surface area contributed by atoms with Crippen molar-refractivity contribution in [3.8, 4) is 0 Å². The van der Waals surface area contributed by atoms with Gasteiger partial charge in [-0.1, -0.05) is 26.0 Å². The van der Waals surface area contributed by atoms with Crippen molar-refractivity contribution in [2.75, 3.05) is 13.7 Å². The zero-order valence-corrected chi connectivity index (χ0v) is 17.0. The van der Waals surface area contributed by atoms with Crippen LogP contribution in [0.3, 0.4) is 0 Å². The van der Waals surface area contributed by atoms with Gasteiger partial charge in [0.05, 0.1) is 19.8 Å². The molecule has 1 heterocycles. The zero-order valence-electron chi connectivity index (χ0n) is 17.0. The second-order valence-corrected chi connectivity index (χ2v) is 7.26. The van der Waals surface area contributed by atoms with Crippen molar-refractivity contribution in [2.24, 2.45) is 5.92 Å². The molecule has 2 aromatic rings. The lowest BCUT2D eigenvalue weighted by Gasteiger charge is -2.18. The molecule has 2 rings (SSSR count). The zero-order chi connectivity index (χ0) is 20.8. The predicted octanol–water partition coefficient (Wildman–Crippen LogP) is 2.84. The van der Waals surface area contributed by atoms with E-state index in [1.54, 1.807) is 0 Å². The number of carbonyl (C=O) groups excluding carboxylic acids is 3. The van der Waals surface area contributed by atoms with Gasteiger partial charge in [-0.05, 0) is 37.3 Å². The van der Waals surface area contributed by atoms with E-state index in [0.29, 0.717) is 12.0 Å². The number of methoxy groups -OCH3 is 1. The van der Waals surface area contributed by atoms with Gasteiger partial charge in [0, 0.05) is 10.9 Å². The Morgan fingerprint density at radius 1 is 1.18 bits per heavy atom. The molecular formula is C21H27NO6. The first-order valence-corrected chi connectivity index (χ1v) is 9.22. The molecule has 7 nitrogen and oxygen atoms in total. The number of furan rings is 1. The highest BCUT2D eigenvalue weighted by Gasteiger charge is 2.23. The lowest BCUT2D eigenvalue weighted by Crippen LogP contribution is -2.44. The summed E-state index contributed by atoms with van der Waals surface area (Å²) in [5, 5.41) is 3.40. The molecule has 1 aromatic carbocycles. The summed E-state index contributed by atoms with van der Waals surface area (Å²) in [6.45, 7) is 7.35. The van der Waals surface area contributed by atoms with Crippen LogP contribution >= 0.6 is 0 Å². The summed E-state index contributed by atoms with van der Waals surface area (Å²) >= 11 is 0. The van der Waals surface area contributed by atoms with Gasteiger partial charge in [-0.3, -0.25) is 9.59 Å². The van der Waals surface area contributed by atoms with Crippen molar-refractivity contribution >= 4 is 28.8 Å². The lowest BCUT2D eigenvalue weighted by molar-refractivity contribution is -0.150. The Bertz CT molecular complexity index is 867. The van der Waals surface area contributed by atoms with Gasteiger partial charge >= 0.3 is 11.9 Å². The number of amides is 1. The van der Waals surface area contributed by atoms with Crippen LogP contribution in [0.4, 0.5) is 0 Å². The topological polar surface area (TPSA) is 94.8 Å². The molecule has 0 unspecified atom stereocenters. The molecule has 0 fully saturated rings. The fraction of sp³-hybridized carbons (Fsp3) is 0.476. The molecule has 152 valence electrons. The summed E-state index contributed by atoms with van der Waals surface area (Å²) in [6, 6.07) is 3.11. The van der Waals surface area contributed by atoms with Gasteiger partial charge in [0.25, 0.3) is 5.91 Å². The van der Waals surface area contributed by atoms with Crippen LogP contribution in [0.5, 0.6) is 0 Å². The summed E-state index contributed by atoms with van der Waals surface area (Å²) in [7, 11) is 1.26. The highest BCUT2D eigenvalue weighted by Crippen LogP contribution is 2.26. The highest BCUT2D eigenvalue weighted by molar-refractivity contribution is 5.89. The monoisotopic (exact) mass is 389 g/mol. The standard InChI is InChI=1S/C21H27NO6/c1-12(2)8-17(21(25)26-5)22-18(23)11-27-19(24)9-15-10-28-20-14(4)13(3)6-7-16(15)20/h6-7,10,12,17H,8-9,11H2,1-5H3,(H,22,23)/t17-/m1/s1. The molecule has 0 saturated carbocycles. The summed E-state index contributed by atoms with van der Waals surface area (Å²) in [5.41, 5.74) is 3.58. The highest BCUT2D eigenvalue weighted by atomic mass is 16.5. The number of esters is 2. The molecular weight excluding hydrogens is 362 g/mol. The second kappa shape index (κ2) is 9.39. The molecule has 1 N–H and O–H groups in total. The third-order valence-electron chi connectivity index (χ3n) is 4.57. The molecule has 1 atom stereocenters. The number of rotatable bonds is 8. The fourth-order valence-electron chi connectivity index (χ4n) is 2.94. The number of nitrogens with one attached hydrogen (secondary N) is 1. The molecule has 0 bridgehead atoms. The summed E-state index contributed by atoms with van der Waals surface area (Å²) < 4.78 is 15.3. The van der Waals surface area contributed by atoms with Crippen LogP contribution in [0.15, 0.2) is 22.8 Å². The van der Waals surface area contributed by atoms with E-state index in [9.17, 15) is 14.4 Å². The van der Waals surface area contributed by atoms with E-state index in [2.05, 4.69) is 5.32 Å². The molecule has 1 amide bonds. The third kappa shape index (κ3) is 5.34. The summed E-state index contributed by atoms with van der Waals surface area (Å²) in [5.74, 6) is -1.43. The SMILES string of the molecule is COC(=O)[C@@H](CC(C)C)NC(=O)COC(=O)Cc1coc2c(C)c(C)ccc12. The van der Waals surface area contributed by atoms with E-state index in [0.717, 1.165) is 22.1 Å². The Balaban J connectivity index is 1.92. The minimum atomic E-state index is -0.764. The van der Waals surface area contributed by atoms with E-state index in [1.165, 1.54) is 13.4 Å². The number of hydrogen-bond acceptors (Lipinski definition) is 6. The maximum atomic E-state index is 12.1. The first-order valence-electron chi connectivity index (χ1n) is 9.22. The van der Waals surface area contributed by atoms with E-state index in [4.69, 9.17) is 13.9 Å². The summed E-state index contributed by atoms with van der Waals surface area (Å²) in [4.78, 5) is 35.9. The van der Waals surface area contributed by atoms with Crippen molar-refractivity contribution in [1.29, 1.82) is 0 Å². The Hall–Kier alpha value is -2.83. The molecule has 1 aromatic heterocycles. The first-order chi connectivity index (χ1) is 13.2. The average molecular weight is 389 g/mol. The molecule has 0 saturated heterocycles. The quantitative estimate of drug-likeness (QED) is 0.698. The Morgan fingerprint density at radius 2 is 1.89 bits per heavy atom. The van der Waals surface area contributed by atoms with Crippen LogP contribution in [-0.4, -0.2) is 37.6 Å². The Kier molecular flexibility index (Phi) is 7.20. The van der Waals surface area contributed by atoms with Crippen molar-refractivity contribution in [2.45, 2.75) is 46.6 Å². The van der Waals surface area contributed by atoms with Crippen LogP contribution < -0.4 is 5.32 Å². The molecule has 7 heteroatoms. The van der Waals surface area contributed by atoms with E-state index in [-0.39, 0.29) is 12.3 Å². The maximum absolute atomic E-state index is 12.1. The second-order valence-electron chi connectivity index (χ2n) is 7.26. The van der Waals surface area contributed by atoms with E-state index < -0.39 is 30.5 Å². The normalized spacial score (nSPS) is 12.1. The van der Waals surface area contributed by atoms with Crippen LogP contribution in [0, 0.1) is 19.8 Å². The molecule has 0 spiro atoms. The molecule has 0 aliphatic heterocycles. The first kappa shape index (κ1) is 21.5. The van der Waals surface area contributed by atoms with E-state index >= 15 is 0 Å². The number of aryl methyl sites for hydroxylation is 2. The molecule has 0 aliphatic rings. The summed E-state index contributed by atoms with van der Waals surface area (Å²) in [6.07, 6.45) is 1.97. The Labute approximate surface area is 164 Å². The van der Waals surface area contributed by atoms with Crippen LogP contribution in [-0.2, 0) is 30.3 Å². The Morgan fingerprint density at radius 3 is 2.54 bits per heavy atom. The lowest BCUT2D eigenvalue weighted by atomic mass is 10.0. The predicted molar refractivity (Wildman–Crippen MR) is 104 cm³/mol. The third-order valence-corrected chi connectivity index (χ3v) is 4.57. The minimum Gasteiger partial charge on any atom is -0.467 e. The molecule has 0 radical (unpaired) electrons. The van der Waals surface area contributed by atoms with Gasteiger partial charge in [-0.15, -0.1) is 0 Å². The molecule has 0 aliphatic carbocycles. The fourth-order valence-corrected chi connectivity index (χ4v) is 2.94. The van der Waals surface area contributed by atoms with Crippen molar-refractivity contribution in [3.63, 3.8) is 0 Å². The van der Waals surface area contributed by atoms with Crippen molar-refractivity contribution in [1.82, 2.24) is 5.32 Å². The van der Waals surface area contributed by atoms with Gasteiger partial charge in [0.1, 0.15) is 11.6 Å². The number of fused-ring (bicyclic) bond motifs is 1. The van der Waals surface area contributed by atoms with Gasteiger partial charge in [-0.2, -0.15) is 0 Å². The van der Waals surface area contributed by atoms with Crippen LogP contribution in [0.25, 0.3) is 11.0 Å². The smallest absolute Gasteiger partial charge is 0.328 e. The van der Waals surface area contributed by atoms with Crippen molar-refractivity contribution < 1.29 is 28.3 Å². The number of benzene rings is 1. The molecule has 28 heavy (non-hydrogen) atoms. The van der Waals surface area contributed by atoms with Crippen LogP contribution in [0.1, 0.15) is 37.0 Å². The van der Waals surface area contributed by atoms with Gasteiger partial charge in [-0.25, -0.2) is 4.79 Å². The maximum Gasteiger partial charge on any atom is 0.328 e. The minimum absolute atomic E-state index is 0.00476. The van der Waals surface area contributed by atoms with Crippen molar-refractivity contribution in [3.05, 3.63) is 35.1 Å². The van der Waals surface area contributed by atoms with E-state index in [1.807, 2.05) is 39.8 Å². The van der Waals surface area contributed by atoms with Gasteiger partial charge < -0.3 is 19.2 Å². The largest absolute Gasteiger partial charge is 0.467 e.